The number of guanidine groups is 1. The van der Waals surface area contributed by atoms with Gasteiger partial charge in [0.05, 0.1) is 17.7 Å². The van der Waals surface area contributed by atoms with E-state index >= 15 is 0 Å². The predicted octanol–water partition coefficient (Wildman–Crippen LogP) is 2.80. The fraction of sp³-hybridized carbons (Fsp3) is 0.267. The zero-order chi connectivity index (χ0) is 16.1. The Labute approximate surface area is 134 Å². The first-order valence-corrected chi connectivity index (χ1v) is 7.77. The minimum absolute atomic E-state index is 0.0287. The largest absolute Gasteiger partial charge is 0.374 e. The number of aromatic nitrogens is 1. The lowest BCUT2D eigenvalue weighted by atomic mass is 10.1. The molecule has 0 atom stereocenters. The van der Waals surface area contributed by atoms with Gasteiger partial charge in [-0.3, -0.25) is 10.3 Å². The molecule has 2 rings (SSSR count). The molecule has 4 N–H and O–H groups in total. The first kappa shape index (κ1) is 16.0. The highest BCUT2D eigenvalue weighted by Gasteiger charge is 2.10. The van der Waals surface area contributed by atoms with E-state index in [2.05, 4.69) is 29.1 Å². The first-order valence-electron chi connectivity index (χ1n) is 6.89. The van der Waals surface area contributed by atoms with Gasteiger partial charge in [-0.25, -0.2) is 9.98 Å². The number of nitrogens with zero attached hydrogens (tertiary/aromatic N) is 3. The second kappa shape index (κ2) is 7.04. The first-order chi connectivity index (χ1) is 10.5. The number of nitrogens with one attached hydrogen (secondary N) is 2. The van der Waals surface area contributed by atoms with Gasteiger partial charge in [-0.05, 0) is 26.0 Å². The molecule has 0 aliphatic rings. The SMILES string of the molecule is CC(C)NC=Nc1cccc(-c2csc(N(C)C(=N)N)n2)c1. The number of anilines is 1. The molecular formula is C15H20N6S. The zero-order valence-electron chi connectivity index (χ0n) is 12.9. The molecule has 0 aliphatic carbocycles. The van der Waals surface area contributed by atoms with Gasteiger partial charge >= 0.3 is 0 Å². The number of nitrogens with two attached hydrogens (primary N) is 1. The average molecular weight is 316 g/mol. The van der Waals surface area contributed by atoms with Crippen molar-refractivity contribution >= 4 is 34.5 Å². The molecule has 0 aliphatic heterocycles. The highest BCUT2D eigenvalue weighted by atomic mass is 32.1. The topological polar surface area (TPSA) is 90.4 Å². The number of aliphatic imine (C=N–C) groups is 1. The van der Waals surface area contributed by atoms with Gasteiger partial charge in [-0.2, -0.15) is 0 Å². The molecule has 0 saturated carbocycles. The smallest absolute Gasteiger partial charge is 0.194 e. The van der Waals surface area contributed by atoms with Gasteiger partial charge in [0.15, 0.2) is 11.1 Å². The Kier molecular flexibility index (Phi) is 5.11. The van der Waals surface area contributed by atoms with Crippen molar-refractivity contribution in [2.24, 2.45) is 10.7 Å². The molecule has 0 amide bonds. The van der Waals surface area contributed by atoms with Gasteiger partial charge in [-0.1, -0.05) is 12.1 Å². The Hall–Kier alpha value is -2.41. The Balaban J connectivity index is 2.19. The Morgan fingerprint density at radius 1 is 1.50 bits per heavy atom. The van der Waals surface area contributed by atoms with Crippen LogP contribution in [0, 0.1) is 5.41 Å². The second-order valence-corrected chi connectivity index (χ2v) is 5.93. The summed E-state index contributed by atoms with van der Waals surface area (Å²) in [5.41, 5.74) is 8.16. The summed E-state index contributed by atoms with van der Waals surface area (Å²) in [5.74, 6) is -0.0287. The normalized spacial score (nSPS) is 11.1. The molecule has 22 heavy (non-hydrogen) atoms. The lowest BCUT2D eigenvalue weighted by Crippen LogP contribution is -2.32. The van der Waals surface area contributed by atoms with Gasteiger partial charge in [0, 0.05) is 24.0 Å². The minimum atomic E-state index is -0.0287. The summed E-state index contributed by atoms with van der Waals surface area (Å²) in [6.07, 6.45) is 1.71. The predicted molar refractivity (Wildman–Crippen MR) is 94.3 cm³/mol. The quantitative estimate of drug-likeness (QED) is 0.584. The van der Waals surface area contributed by atoms with Crippen LogP contribution in [0.5, 0.6) is 0 Å². The molecule has 0 unspecified atom stereocenters. The zero-order valence-corrected chi connectivity index (χ0v) is 13.7. The molecule has 0 radical (unpaired) electrons. The third-order valence-corrected chi connectivity index (χ3v) is 3.82. The van der Waals surface area contributed by atoms with Gasteiger partial charge < -0.3 is 11.1 Å². The van der Waals surface area contributed by atoms with Crippen molar-refractivity contribution in [3.8, 4) is 11.3 Å². The maximum absolute atomic E-state index is 7.44. The molecule has 0 saturated heterocycles. The van der Waals surface area contributed by atoms with Crippen LogP contribution in [0.2, 0.25) is 0 Å². The second-order valence-electron chi connectivity index (χ2n) is 5.09. The van der Waals surface area contributed by atoms with Crippen molar-refractivity contribution in [3.05, 3.63) is 29.6 Å². The van der Waals surface area contributed by atoms with Crippen LogP contribution in [0.25, 0.3) is 11.3 Å². The number of thiazole rings is 1. The third-order valence-electron chi connectivity index (χ3n) is 2.90. The molecule has 1 heterocycles. The summed E-state index contributed by atoms with van der Waals surface area (Å²) in [6, 6.07) is 8.21. The lowest BCUT2D eigenvalue weighted by molar-refractivity contribution is 0.744. The molecule has 0 fully saturated rings. The van der Waals surface area contributed by atoms with E-state index in [4.69, 9.17) is 11.1 Å². The Morgan fingerprint density at radius 3 is 2.95 bits per heavy atom. The molecule has 0 spiro atoms. The maximum Gasteiger partial charge on any atom is 0.194 e. The number of rotatable bonds is 5. The molecule has 1 aromatic heterocycles. The standard InChI is InChI=1S/C15H20N6S/c1-10(2)18-9-19-12-6-4-5-11(7-12)13-8-22-15(20-13)21(3)14(16)17/h4-10H,1-3H3,(H3,16,17)(H,18,19). The average Bonchev–Trinajstić information content (AvgIpc) is 2.96. The van der Waals surface area contributed by atoms with E-state index < -0.39 is 0 Å². The van der Waals surface area contributed by atoms with E-state index in [9.17, 15) is 0 Å². The van der Waals surface area contributed by atoms with E-state index in [-0.39, 0.29) is 5.96 Å². The van der Waals surface area contributed by atoms with Crippen LogP contribution in [-0.4, -0.2) is 30.4 Å². The molecule has 0 bridgehead atoms. The highest BCUT2D eigenvalue weighted by molar-refractivity contribution is 7.14. The van der Waals surface area contributed by atoms with Crippen molar-refractivity contribution in [2.45, 2.75) is 19.9 Å². The molecule has 7 heteroatoms. The summed E-state index contributed by atoms with van der Waals surface area (Å²) in [4.78, 5) is 10.4. The molecule has 116 valence electrons. The number of hydrogen-bond acceptors (Lipinski definition) is 4. The fourth-order valence-electron chi connectivity index (χ4n) is 1.66. The van der Waals surface area contributed by atoms with E-state index in [0.29, 0.717) is 11.2 Å². The van der Waals surface area contributed by atoms with Crippen LogP contribution >= 0.6 is 11.3 Å². The Morgan fingerprint density at radius 2 is 2.27 bits per heavy atom. The monoisotopic (exact) mass is 316 g/mol. The molecule has 2 aromatic rings. The van der Waals surface area contributed by atoms with E-state index in [1.807, 2.05) is 29.6 Å². The summed E-state index contributed by atoms with van der Waals surface area (Å²) in [5, 5.41) is 13.2. The van der Waals surface area contributed by atoms with Crippen molar-refractivity contribution in [1.29, 1.82) is 5.41 Å². The molecular weight excluding hydrogens is 296 g/mol. The molecule has 6 nitrogen and oxygen atoms in total. The van der Waals surface area contributed by atoms with E-state index in [1.54, 1.807) is 18.3 Å². The lowest BCUT2D eigenvalue weighted by Gasteiger charge is -2.11. The van der Waals surface area contributed by atoms with Crippen molar-refractivity contribution in [1.82, 2.24) is 10.3 Å². The number of hydrogen-bond donors (Lipinski definition) is 3. The molecule has 1 aromatic carbocycles. The van der Waals surface area contributed by atoms with Crippen LogP contribution in [0.3, 0.4) is 0 Å². The van der Waals surface area contributed by atoms with Crippen LogP contribution in [0.15, 0.2) is 34.6 Å². The van der Waals surface area contributed by atoms with Gasteiger partial charge in [0.1, 0.15) is 0 Å². The highest BCUT2D eigenvalue weighted by Crippen LogP contribution is 2.28. The Bertz CT molecular complexity index is 676. The third kappa shape index (κ3) is 4.05. The van der Waals surface area contributed by atoms with Crippen LogP contribution < -0.4 is 16.0 Å². The van der Waals surface area contributed by atoms with Crippen molar-refractivity contribution < 1.29 is 0 Å². The van der Waals surface area contributed by atoms with Gasteiger partial charge in [0.25, 0.3) is 0 Å². The van der Waals surface area contributed by atoms with E-state index in [1.165, 1.54) is 11.3 Å². The summed E-state index contributed by atoms with van der Waals surface area (Å²) >= 11 is 1.45. The maximum atomic E-state index is 7.44. The van der Waals surface area contributed by atoms with Crippen molar-refractivity contribution in [2.75, 3.05) is 11.9 Å². The van der Waals surface area contributed by atoms with Crippen molar-refractivity contribution in [3.63, 3.8) is 0 Å². The van der Waals surface area contributed by atoms with Gasteiger partial charge in [0.2, 0.25) is 0 Å². The fourth-order valence-corrected chi connectivity index (χ4v) is 2.47. The van der Waals surface area contributed by atoms with Crippen LogP contribution in [0.1, 0.15) is 13.8 Å². The summed E-state index contributed by atoms with van der Waals surface area (Å²) in [6.45, 7) is 4.12. The minimum Gasteiger partial charge on any atom is -0.374 e. The van der Waals surface area contributed by atoms with Gasteiger partial charge in [-0.15, -0.1) is 11.3 Å². The van der Waals surface area contributed by atoms with Crippen LogP contribution in [-0.2, 0) is 0 Å². The van der Waals surface area contributed by atoms with Crippen LogP contribution in [0.4, 0.5) is 10.8 Å². The summed E-state index contributed by atoms with van der Waals surface area (Å²) in [7, 11) is 1.73. The van der Waals surface area contributed by atoms with E-state index in [0.717, 1.165) is 16.9 Å². The summed E-state index contributed by atoms with van der Waals surface area (Å²) < 4.78 is 0. The number of benzene rings is 1.